The van der Waals surface area contributed by atoms with Gasteiger partial charge in [0.25, 0.3) is 0 Å². The third-order valence-electron chi connectivity index (χ3n) is 2.35. The molecule has 1 rings (SSSR count). The zero-order valence-corrected chi connectivity index (χ0v) is 12.4. The maximum absolute atomic E-state index is 10.5. The predicted molar refractivity (Wildman–Crippen MR) is 82.0 cm³/mol. The van der Waals surface area contributed by atoms with Crippen molar-refractivity contribution in [3.63, 3.8) is 0 Å². The van der Waals surface area contributed by atoms with Crippen LogP contribution in [-0.2, 0) is 16.1 Å². The number of nitro groups is 1. The van der Waals surface area contributed by atoms with Gasteiger partial charge in [-0.1, -0.05) is 0 Å². The van der Waals surface area contributed by atoms with Crippen LogP contribution in [0.3, 0.4) is 0 Å². The SMILES string of the molecule is Cc1ncc([N+](=O)[O-])n1CC(O)CCl.O=C(O)CCC(=O)O.[NaH]. The van der Waals surface area contributed by atoms with E-state index in [9.17, 15) is 24.8 Å². The molecule has 0 spiro atoms. The number of hydrogen-bond acceptors (Lipinski definition) is 6. The second kappa shape index (κ2) is 12.3. The van der Waals surface area contributed by atoms with E-state index in [1.165, 1.54) is 4.57 Å². The van der Waals surface area contributed by atoms with Gasteiger partial charge in [0, 0.05) is 6.92 Å². The number of hydrogen-bond donors (Lipinski definition) is 3. The van der Waals surface area contributed by atoms with Crippen molar-refractivity contribution in [3.8, 4) is 0 Å². The van der Waals surface area contributed by atoms with Crippen LogP contribution in [0.15, 0.2) is 6.20 Å². The zero-order chi connectivity index (χ0) is 17.3. The third kappa shape index (κ3) is 10.2. The third-order valence-corrected chi connectivity index (χ3v) is 2.70. The summed E-state index contributed by atoms with van der Waals surface area (Å²) in [4.78, 5) is 33.1. The molecule has 23 heavy (non-hydrogen) atoms. The van der Waals surface area contributed by atoms with E-state index in [0.29, 0.717) is 5.82 Å². The maximum atomic E-state index is 10.5. The van der Waals surface area contributed by atoms with Crippen molar-refractivity contribution >= 4 is 58.9 Å². The summed E-state index contributed by atoms with van der Waals surface area (Å²) in [7, 11) is 0. The number of imidazole rings is 1. The van der Waals surface area contributed by atoms with Crippen LogP contribution < -0.4 is 0 Å². The Morgan fingerprint density at radius 3 is 2.22 bits per heavy atom. The van der Waals surface area contributed by atoms with Crippen molar-refractivity contribution in [1.29, 1.82) is 0 Å². The Bertz CT molecular complexity index is 524. The minimum absolute atomic E-state index is 0. The van der Waals surface area contributed by atoms with Crippen molar-refractivity contribution in [2.24, 2.45) is 0 Å². The van der Waals surface area contributed by atoms with Crippen LogP contribution in [0.1, 0.15) is 18.7 Å². The summed E-state index contributed by atoms with van der Waals surface area (Å²) in [6.45, 7) is 1.72. The van der Waals surface area contributed by atoms with E-state index in [-0.39, 0.29) is 60.6 Å². The molecule has 3 N–H and O–H groups in total. The van der Waals surface area contributed by atoms with Crippen LogP contribution in [0, 0.1) is 17.0 Å². The quantitative estimate of drug-likeness (QED) is 0.265. The van der Waals surface area contributed by atoms with Crippen LogP contribution in [0.25, 0.3) is 0 Å². The van der Waals surface area contributed by atoms with E-state index < -0.39 is 23.0 Å². The number of alkyl halides is 1. The van der Waals surface area contributed by atoms with Gasteiger partial charge in [-0.05, 0) is 4.92 Å². The Morgan fingerprint density at radius 2 is 1.87 bits per heavy atom. The number of rotatable bonds is 7. The van der Waals surface area contributed by atoms with Gasteiger partial charge in [0.2, 0.25) is 0 Å². The summed E-state index contributed by atoms with van der Waals surface area (Å²) in [5.41, 5.74) is 0. The number of halogens is 1. The molecule has 0 bridgehead atoms. The average molecular weight is 362 g/mol. The van der Waals surface area contributed by atoms with Gasteiger partial charge in [0.15, 0.2) is 5.82 Å². The van der Waals surface area contributed by atoms with Crippen LogP contribution >= 0.6 is 11.6 Å². The Labute approximate surface area is 158 Å². The molecule has 0 amide bonds. The first kappa shape index (κ1) is 24.1. The number of aliphatic hydroxyl groups excluding tert-OH is 1. The average Bonchev–Trinajstić information content (AvgIpc) is 2.78. The van der Waals surface area contributed by atoms with Crippen LogP contribution in [0.5, 0.6) is 0 Å². The standard InChI is InChI=1S/C7H10ClN3O3.C4H6O4.Na.H/c1-5-9-3-7(11(13)14)10(5)4-6(12)2-8;5-3(6)1-2-4(7)8;;/h3,6,12H,2,4H2,1H3;1-2H2,(H,5,6)(H,7,8);;. The molecule has 1 unspecified atom stereocenters. The fourth-order valence-electron chi connectivity index (χ4n) is 1.30. The zero-order valence-electron chi connectivity index (χ0n) is 11.7. The molecule has 0 saturated heterocycles. The van der Waals surface area contributed by atoms with Crippen molar-refractivity contribution in [2.75, 3.05) is 5.88 Å². The summed E-state index contributed by atoms with van der Waals surface area (Å²) in [5, 5.41) is 35.6. The molecule has 0 aliphatic heterocycles. The fourth-order valence-corrected chi connectivity index (χ4v) is 1.40. The molecule has 126 valence electrons. The molecule has 0 radical (unpaired) electrons. The molecule has 0 aromatic carbocycles. The van der Waals surface area contributed by atoms with Crippen molar-refractivity contribution < 1.29 is 29.8 Å². The number of aromatic nitrogens is 2. The minimum atomic E-state index is -1.08. The van der Waals surface area contributed by atoms with E-state index in [4.69, 9.17) is 21.8 Å². The summed E-state index contributed by atoms with van der Waals surface area (Å²) < 4.78 is 1.33. The second-order valence-corrected chi connectivity index (χ2v) is 4.44. The van der Waals surface area contributed by atoms with Gasteiger partial charge in [0.05, 0.1) is 18.7 Å². The van der Waals surface area contributed by atoms with Crippen LogP contribution in [-0.4, -0.2) is 83.3 Å². The number of nitrogens with zero attached hydrogens (tertiary/aromatic N) is 3. The van der Waals surface area contributed by atoms with Crippen molar-refractivity contribution in [2.45, 2.75) is 32.4 Å². The molecule has 0 aliphatic carbocycles. The first-order valence-electron chi connectivity index (χ1n) is 6.03. The molecule has 0 saturated carbocycles. The number of carbonyl (C=O) groups is 2. The van der Waals surface area contributed by atoms with E-state index in [2.05, 4.69) is 4.98 Å². The number of carboxylic acids is 2. The molecule has 0 aliphatic rings. The van der Waals surface area contributed by atoms with Crippen molar-refractivity contribution in [1.82, 2.24) is 9.55 Å². The number of aliphatic hydroxyl groups is 1. The van der Waals surface area contributed by atoms with Crippen LogP contribution in [0.4, 0.5) is 5.82 Å². The summed E-state index contributed by atoms with van der Waals surface area (Å²) in [5.74, 6) is -1.76. The molecule has 1 heterocycles. The summed E-state index contributed by atoms with van der Waals surface area (Å²) >= 11 is 5.40. The predicted octanol–water partition coefficient (Wildman–Crippen LogP) is -0.0133. The molecule has 10 nitrogen and oxygen atoms in total. The Balaban J connectivity index is 0. The number of carboxylic acid groups (broad SMARTS) is 2. The molecule has 1 atom stereocenters. The fraction of sp³-hybridized carbons (Fsp3) is 0.545. The van der Waals surface area contributed by atoms with Gasteiger partial charge < -0.3 is 25.4 Å². The van der Waals surface area contributed by atoms with Gasteiger partial charge in [-0.25, -0.2) is 9.55 Å². The monoisotopic (exact) mass is 361 g/mol. The van der Waals surface area contributed by atoms with Crippen LogP contribution in [0.2, 0.25) is 0 Å². The topological polar surface area (TPSA) is 156 Å². The Hall–Kier alpha value is -1.20. The van der Waals surface area contributed by atoms with Gasteiger partial charge in [-0.3, -0.25) is 9.59 Å². The molecular weight excluding hydrogens is 345 g/mol. The van der Waals surface area contributed by atoms with Gasteiger partial charge >= 0.3 is 47.3 Å². The van der Waals surface area contributed by atoms with Crippen molar-refractivity contribution in [3.05, 3.63) is 22.1 Å². The summed E-state index contributed by atoms with van der Waals surface area (Å²) in [6, 6.07) is 0. The molecule has 1 aromatic rings. The van der Waals surface area contributed by atoms with E-state index in [0.717, 1.165) is 6.20 Å². The molecular formula is C11H17ClN3NaO7. The summed E-state index contributed by atoms with van der Waals surface area (Å²) in [6.07, 6.45) is -0.232. The van der Waals surface area contributed by atoms with E-state index in [1.54, 1.807) is 6.92 Å². The molecule has 12 heteroatoms. The van der Waals surface area contributed by atoms with E-state index in [1.807, 2.05) is 0 Å². The number of aryl methyl sites for hydroxylation is 1. The van der Waals surface area contributed by atoms with E-state index >= 15 is 0 Å². The normalized spacial score (nSPS) is 10.7. The van der Waals surface area contributed by atoms with Gasteiger partial charge in [-0.2, -0.15) is 0 Å². The Kier molecular flexibility index (Phi) is 12.8. The van der Waals surface area contributed by atoms with Gasteiger partial charge in [-0.15, -0.1) is 11.6 Å². The first-order valence-corrected chi connectivity index (χ1v) is 6.56. The molecule has 1 aromatic heterocycles. The Morgan fingerprint density at radius 1 is 1.39 bits per heavy atom. The second-order valence-electron chi connectivity index (χ2n) is 4.13. The first-order chi connectivity index (χ1) is 10.2. The van der Waals surface area contributed by atoms with Gasteiger partial charge in [0.1, 0.15) is 18.8 Å². The number of aliphatic carboxylic acids is 2. The molecule has 0 fully saturated rings.